The predicted molar refractivity (Wildman–Crippen MR) is 101 cm³/mol. The van der Waals surface area contributed by atoms with Crippen molar-refractivity contribution in [2.24, 2.45) is 0 Å². The normalized spacial score (nSPS) is 10.7. The van der Waals surface area contributed by atoms with E-state index in [-0.39, 0.29) is 6.61 Å². The van der Waals surface area contributed by atoms with Gasteiger partial charge in [-0.3, -0.25) is 0 Å². The quantitative estimate of drug-likeness (QED) is 0.609. The van der Waals surface area contributed by atoms with E-state index in [1.807, 2.05) is 24.3 Å². The van der Waals surface area contributed by atoms with E-state index in [4.69, 9.17) is 14.6 Å². The first-order valence-corrected chi connectivity index (χ1v) is 8.90. The molecule has 0 unspecified atom stereocenters. The van der Waals surface area contributed by atoms with Crippen molar-refractivity contribution in [1.29, 1.82) is 0 Å². The monoisotopic (exact) mass is 343 g/mol. The number of aryl methyl sites for hydroxylation is 1. The number of ether oxygens (including phenoxy) is 2. The summed E-state index contributed by atoms with van der Waals surface area (Å²) in [5.41, 5.74) is 3.57. The molecule has 4 nitrogen and oxygen atoms in total. The molecule has 2 aromatic carbocycles. The van der Waals surface area contributed by atoms with Crippen LogP contribution in [0.2, 0.25) is 0 Å². The fourth-order valence-corrected chi connectivity index (χ4v) is 2.64. The Morgan fingerprint density at radius 1 is 1.00 bits per heavy atom. The molecule has 2 N–H and O–H groups in total. The maximum atomic E-state index is 8.77. The Labute approximate surface area is 150 Å². The number of benzene rings is 2. The third-order valence-electron chi connectivity index (χ3n) is 4.21. The summed E-state index contributed by atoms with van der Waals surface area (Å²) in [7, 11) is 1.67. The van der Waals surface area contributed by atoms with Gasteiger partial charge in [-0.1, -0.05) is 30.3 Å². The molecule has 4 heteroatoms. The zero-order valence-corrected chi connectivity index (χ0v) is 15.3. The van der Waals surface area contributed by atoms with Crippen molar-refractivity contribution in [1.82, 2.24) is 5.32 Å². The van der Waals surface area contributed by atoms with Gasteiger partial charge in [-0.15, -0.1) is 0 Å². The van der Waals surface area contributed by atoms with Gasteiger partial charge in [0.05, 0.1) is 7.11 Å². The number of rotatable bonds is 11. The van der Waals surface area contributed by atoms with Crippen molar-refractivity contribution in [3.05, 3.63) is 59.2 Å². The van der Waals surface area contributed by atoms with E-state index in [1.165, 1.54) is 16.7 Å². The van der Waals surface area contributed by atoms with Crippen LogP contribution in [-0.4, -0.2) is 25.4 Å². The van der Waals surface area contributed by atoms with Crippen LogP contribution >= 0.6 is 0 Å². The third-order valence-corrected chi connectivity index (χ3v) is 4.21. The van der Waals surface area contributed by atoms with Crippen LogP contribution in [-0.2, 0) is 13.2 Å². The van der Waals surface area contributed by atoms with Crippen LogP contribution in [0.3, 0.4) is 0 Å². The maximum absolute atomic E-state index is 8.77. The Hall–Kier alpha value is -2.04. The van der Waals surface area contributed by atoms with Crippen molar-refractivity contribution < 1.29 is 14.6 Å². The second-order valence-corrected chi connectivity index (χ2v) is 6.16. The van der Waals surface area contributed by atoms with Gasteiger partial charge in [0.15, 0.2) is 11.5 Å². The summed E-state index contributed by atoms with van der Waals surface area (Å²) in [6.07, 6.45) is 3.01. The highest BCUT2D eigenvalue weighted by molar-refractivity contribution is 5.43. The predicted octanol–water partition coefficient (Wildman–Crippen LogP) is 3.83. The van der Waals surface area contributed by atoms with Crippen LogP contribution < -0.4 is 14.8 Å². The van der Waals surface area contributed by atoms with E-state index in [0.717, 1.165) is 43.9 Å². The van der Waals surface area contributed by atoms with Gasteiger partial charge >= 0.3 is 0 Å². The van der Waals surface area contributed by atoms with Gasteiger partial charge in [0.1, 0.15) is 6.61 Å². The minimum absolute atomic E-state index is 0.279. The third kappa shape index (κ3) is 6.40. The molecule has 0 aliphatic carbocycles. The van der Waals surface area contributed by atoms with Crippen LogP contribution in [0.1, 0.15) is 36.0 Å². The zero-order valence-electron chi connectivity index (χ0n) is 15.3. The van der Waals surface area contributed by atoms with E-state index in [1.54, 1.807) is 7.11 Å². The lowest BCUT2D eigenvalue weighted by Gasteiger charge is -2.13. The lowest BCUT2D eigenvalue weighted by molar-refractivity contribution is 0.282. The van der Waals surface area contributed by atoms with Gasteiger partial charge in [-0.2, -0.15) is 0 Å². The van der Waals surface area contributed by atoms with Crippen molar-refractivity contribution >= 4 is 0 Å². The van der Waals surface area contributed by atoms with E-state index in [0.29, 0.717) is 6.61 Å². The lowest BCUT2D eigenvalue weighted by atomic mass is 10.1. The lowest BCUT2D eigenvalue weighted by Crippen LogP contribution is -2.14. The number of hydrogen-bond acceptors (Lipinski definition) is 4. The van der Waals surface area contributed by atoms with Gasteiger partial charge in [0.25, 0.3) is 0 Å². The molecule has 0 saturated carbocycles. The molecule has 0 amide bonds. The standard InChI is InChI=1S/C21H29NO3/c1-17-8-4-5-9-19(17)16-25-20-11-10-18(14-21(20)24-2)15-22-12-6-3-7-13-23/h4-5,8-11,14,22-23H,3,6-7,12-13,15-16H2,1-2H3. The maximum Gasteiger partial charge on any atom is 0.161 e. The van der Waals surface area contributed by atoms with Gasteiger partial charge in [-0.05, 0) is 61.6 Å². The van der Waals surface area contributed by atoms with Crippen molar-refractivity contribution in [2.75, 3.05) is 20.3 Å². The van der Waals surface area contributed by atoms with Crippen LogP contribution in [0, 0.1) is 6.92 Å². The average molecular weight is 343 g/mol. The van der Waals surface area contributed by atoms with E-state index in [9.17, 15) is 0 Å². The topological polar surface area (TPSA) is 50.7 Å². The van der Waals surface area contributed by atoms with Gasteiger partial charge in [0.2, 0.25) is 0 Å². The highest BCUT2D eigenvalue weighted by atomic mass is 16.5. The minimum Gasteiger partial charge on any atom is -0.493 e. The molecule has 2 aromatic rings. The number of unbranched alkanes of at least 4 members (excludes halogenated alkanes) is 2. The summed E-state index contributed by atoms with van der Waals surface area (Å²) in [6.45, 7) is 4.65. The Morgan fingerprint density at radius 2 is 1.84 bits per heavy atom. The summed E-state index contributed by atoms with van der Waals surface area (Å²) in [5.74, 6) is 1.52. The van der Waals surface area contributed by atoms with Crippen molar-refractivity contribution in [2.45, 2.75) is 39.3 Å². The molecule has 0 aliphatic rings. The van der Waals surface area contributed by atoms with E-state index >= 15 is 0 Å². The number of nitrogens with one attached hydrogen (secondary N) is 1. The SMILES string of the molecule is COc1cc(CNCCCCCO)ccc1OCc1ccccc1C. The van der Waals surface area contributed by atoms with Gasteiger partial charge < -0.3 is 19.9 Å². The summed E-state index contributed by atoms with van der Waals surface area (Å²) in [6, 6.07) is 14.3. The van der Waals surface area contributed by atoms with E-state index in [2.05, 4.69) is 30.4 Å². The van der Waals surface area contributed by atoms with Crippen LogP contribution in [0.4, 0.5) is 0 Å². The molecule has 0 atom stereocenters. The molecule has 2 rings (SSSR count). The molecule has 0 fully saturated rings. The van der Waals surface area contributed by atoms with Gasteiger partial charge in [-0.25, -0.2) is 0 Å². The Balaban J connectivity index is 1.87. The molecule has 0 heterocycles. The fraction of sp³-hybridized carbons (Fsp3) is 0.429. The summed E-state index contributed by atoms with van der Waals surface area (Å²) in [5, 5.41) is 12.2. The van der Waals surface area contributed by atoms with Crippen molar-refractivity contribution in [3.8, 4) is 11.5 Å². The van der Waals surface area contributed by atoms with Crippen molar-refractivity contribution in [3.63, 3.8) is 0 Å². The summed E-state index contributed by atoms with van der Waals surface area (Å²) in [4.78, 5) is 0. The molecule has 0 spiro atoms. The molecule has 136 valence electrons. The first-order chi connectivity index (χ1) is 12.2. The number of methoxy groups -OCH3 is 1. The zero-order chi connectivity index (χ0) is 17.9. The molecule has 0 saturated heterocycles. The van der Waals surface area contributed by atoms with Crippen LogP contribution in [0.5, 0.6) is 11.5 Å². The minimum atomic E-state index is 0.279. The molecule has 25 heavy (non-hydrogen) atoms. The Bertz CT molecular complexity index is 643. The van der Waals surface area contributed by atoms with E-state index < -0.39 is 0 Å². The fourth-order valence-electron chi connectivity index (χ4n) is 2.64. The average Bonchev–Trinajstić information content (AvgIpc) is 2.64. The first-order valence-electron chi connectivity index (χ1n) is 8.90. The second-order valence-electron chi connectivity index (χ2n) is 6.16. The molecule has 0 aliphatic heterocycles. The highest BCUT2D eigenvalue weighted by Crippen LogP contribution is 2.29. The number of aliphatic hydroxyl groups is 1. The largest absolute Gasteiger partial charge is 0.493 e. The second kappa shape index (κ2) is 10.7. The number of hydrogen-bond donors (Lipinski definition) is 2. The molecule has 0 radical (unpaired) electrons. The molecular weight excluding hydrogens is 314 g/mol. The first kappa shape index (κ1) is 19.3. The van der Waals surface area contributed by atoms with Crippen LogP contribution in [0.25, 0.3) is 0 Å². The smallest absolute Gasteiger partial charge is 0.161 e. The molecule has 0 aromatic heterocycles. The molecular formula is C21H29NO3. The molecule has 0 bridgehead atoms. The Morgan fingerprint density at radius 3 is 2.60 bits per heavy atom. The highest BCUT2D eigenvalue weighted by Gasteiger charge is 2.07. The Kier molecular flexibility index (Phi) is 8.29. The summed E-state index contributed by atoms with van der Waals surface area (Å²) < 4.78 is 11.4. The summed E-state index contributed by atoms with van der Waals surface area (Å²) >= 11 is 0. The van der Waals surface area contributed by atoms with Gasteiger partial charge in [0, 0.05) is 13.2 Å². The van der Waals surface area contributed by atoms with Crippen LogP contribution in [0.15, 0.2) is 42.5 Å². The number of aliphatic hydroxyl groups excluding tert-OH is 1.